The number of benzene rings is 1. The fraction of sp³-hybridized carbons (Fsp3) is 0.250. The van der Waals surface area contributed by atoms with Gasteiger partial charge < -0.3 is 5.11 Å². The summed E-state index contributed by atoms with van der Waals surface area (Å²) in [6, 6.07) is 6.01. The quantitative estimate of drug-likeness (QED) is 0.755. The molecule has 0 saturated heterocycles. The molecule has 80 valence electrons. The summed E-state index contributed by atoms with van der Waals surface area (Å²) in [7, 11) is 0. The number of carboxylic acids is 1. The summed E-state index contributed by atoms with van der Waals surface area (Å²) in [6.45, 7) is 3.50. The third-order valence-corrected chi connectivity index (χ3v) is 2.17. The Morgan fingerprint density at radius 2 is 2.33 bits per heavy atom. The Labute approximate surface area is 88.1 Å². The molecule has 1 unspecified atom stereocenters. The third kappa shape index (κ3) is 3.54. The summed E-state index contributed by atoms with van der Waals surface area (Å²) in [4.78, 5) is 10.8. The van der Waals surface area contributed by atoms with Crippen LogP contribution in [-0.2, 0) is 11.2 Å². The van der Waals surface area contributed by atoms with Crippen molar-refractivity contribution < 1.29 is 14.3 Å². The molecular formula is C12H13FO2. The molecule has 1 atom stereocenters. The van der Waals surface area contributed by atoms with E-state index in [1.54, 1.807) is 18.2 Å². The van der Waals surface area contributed by atoms with Crippen molar-refractivity contribution in [1.29, 1.82) is 0 Å². The van der Waals surface area contributed by atoms with Crippen LogP contribution in [0.15, 0.2) is 36.9 Å². The van der Waals surface area contributed by atoms with Crippen molar-refractivity contribution in [3.05, 3.63) is 48.3 Å². The molecule has 0 fully saturated rings. The molecule has 0 aliphatic heterocycles. The summed E-state index contributed by atoms with van der Waals surface area (Å²) in [6.07, 6.45) is 2.29. The highest BCUT2D eigenvalue weighted by atomic mass is 19.1. The van der Waals surface area contributed by atoms with Crippen LogP contribution in [0, 0.1) is 11.7 Å². The molecule has 15 heavy (non-hydrogen) atoms. The van der Waals surface area contributed by atoms with E-state index in [-0.39, 0.29) is 5.82 Å². The predicted octanol–water partition coefficient (Wildman–Crippen LogP) is 2.65. The van der Waals surface area contributed by atoms with Crippen LogP contribution in [0.4, 0.5) is 4.39 Å². The van der Waals surface area contributed by atoms with Crippen molar-refractivity contribution in [2.24, 2.45) is 5.92 Å². The Hall–Kier alpha value is -1.64. The van der Waals surface area contributed by atoms with Crippen molar-refractivity contribution in [3.63, 3.8) is 0 Å². The molecule has 3 heteroatoms. The van der Waals surface area contributed by atoms with Gasteiger partial charge in [0.05, 0.1) is 5.92 Å². The number of halogens is 1. The topological polar surface area (TPSA) is 37.3 Å². The average molecular weight is 208 g/mol. The number of allylic oxidation sites excluding steroid dienone is 1. The molecule has 0 aliphatic rings. The van der Waals surface area contributed by atoms with E-state index in [4.69, 9.17) is 5.11 Å². The first kappa shape index (κ1) is 11.4. The molecule has 1 N–H and O–H groups in total. The van der Waals surface area contributed by atoms with Crippen LogP contribution in [0.5, 0.6) is 0 Å². The number of hydrogen-bond donors (Lipinski definition) is 1. The number of aliphatic carboxylic acids is 1. The molecule has 0 amide bonds. The first-order chi connectivity index (χ1) is 7.13. The highest BCUT2D eigenvalue weighted by molar-refractivity contribution is 5.70. The number of hydrogen-bond acceptors (Lipinski definition) is 1. The maximum atomic E-state index is 12.8. The monoisotopic (exact) mass is 208 g/mol. The smallest absolute Gasteiger partial charge is 0.307 e. The highest BCUT2D eigenvalue weighted by Gasteiger charge is 2.16. The van der Waals surface area contributed by atoms with Crippen LogP contribution in [-0.4, -0.2) is 11.1 Å². The van der Waals surface area contributed by atoms with Crippen molar-refractivity contribution in [2.75, 3.05) is 0 Å². The first-order valence-electron chi connectivity index (χ1n) is 4.71. The Bertz CT molecular complexity index is 360. The molecule has 1 rings (SSSR count). The van der Waals surface area contributed by atoms with E-state index in [2.05, 4.69) is 6.58 Å². The summed E-state index contributed by atoms with van der Waals surface area (Å²) in [5.74, 6) is -1.74. The molecule has 0 spiro atoms. The fourth-order valence-electron chi connectivity index (χ4n) is 1.42. The molecule has 0 radical (unpaired) electrons. The molecule has 1 aromatic rings. The third-order valence-electron chi connectivity index (χ3n) is 2.17. The van der Waals surface area contributed by atoms with Gasteiger partial charge in [-0.1, -0.05) is 18.2 Å². The van der Waals surface area contributed by atoms with E-state index in [0.717, 1.165) is 0 Å². The molecule has 1 aromatic carbocycles. The first-order valence-corrected chi connectivity index (χ1v) is 4.71. The van der Waals surface area contributed by atoms with Gasteiger partial charge in [0.1, 0.15) is 5.82 Å². The van der Waals surface area contributed by atoms with Crippen LogP contribution in [0.3, 0.4) is 0 Å². The van der Waals surface area contributed by atoms with Gasteiger partial charge in [-0.15, -0.1) is 6.58 Å². The lowest BCUT2D eigenvalue weighted by Gasteiger charge is -2.09. The van der Waals surface area contributed by atoms with E-state index in [0.29, 0.717) is 18.4 Å². The van der Waals surface area contributed by atoms with Gasteiger partial charge in [-0.05, 0) is 30.5 Å². The summed E-state index contributed by atoms with van der Waals surface area (Å²) >= 11 is 0. The van der Waals surface area contributed by atoms with Gasteiger partial charge >= 0.3 is 5.97 Å². The van der Waals surface area contributed by atoms with Crippen molar-refractivity contribution in [3.8, 4) is 0 Å². The van der Waals surface area contributed by atoms with Crippen molar-refractivity contribution in [1.82, 2.24) is 0 Å². The lowest BCUT2D eigenvalue weighted by Crippen LogP contribution is -2.15. The minimum atomic E-state index is -0.876. The molecule has 0 heterocycles. The normalized spacial score (nSPS) is 12.1. The van der Waals surface area contributed by atoms with Gasteiger partial charge in [-0.2, -0.15) is 0 Å². The summed E-state index contributed by atoms with van der Waals surface area (Å²) in [5, 5.41) is 8.89. The molecule has 0 aliphatic carbocycles. The SMILES string of the molecule is C=CCC(Cc1cccc(F)c1)C(=O)O. The zero-order chi connectivity index (χ0) is 11.3. The number of carbonyl (C=O) groups is 1. The van der Waals surface area contributed by atoms with Crippen LogP contribution in [0.25, 0.3) is 0 Å². The average Bonchev–Trinajstić information content (AvgIpc) is 2.17. The molecule has 2 nitrogen and oxygen atoms in total. The van der Waals surface area contributed by atoms with Crippen LogP contribution in [0.1, 0.15) is 12.0 Å². The highest BCUT2D eigenvalue weighted by Crippen LogP contribution is 2.14. The van der Waals surface area contributed by atoms with Crippen LogP contribution in [0.2, 0.25) is 0 Å². The Balaban J connectivity index is 2.73. The summed E-state index contributed by atoms with van der Waals surface area (Å²) < 4.78 is 12.8. The van der Waals surface area contributed by atoms with Crippen molar-refractivity contribution >= 4 is 5.97 Å². The number of rotatable bonds is 5. The van der Waals surface area contributed by atoms with E-state index in [9.17, 15) is 9.18 Å². The largest absolute Gasteiger partial charge is 0.481 e. The van der Waals surface area contributed by atoms with E-state index < -0.39 is 11.9 Å². The van der Waals surface area contributed by atoms with Gasteiger partial charge in [-0.25, -0.2) is 4.39 Å². The van der Waals surface area contributed by atoms with E-state index in [1.165, 1.54) is 12.1 Å². The minimum Gasteiger partial charge on any atom is -0.481 e. The number of carboxylic acid groups (broad SMARTS) is 1. The second-order valence-corrected chi connectivity index (χ2v) is 3.39. The van der Waals surface area contributed by atoms with Crippen LogP contribution < -0.4 is 0 Å². The fourth-order valence-corrected chi connectivity index (χ4v) is 1.42. The second kappa shape index (κ2) is 5.29. The van der Waals surface area contributed by atoms with Gasteiger partial charge in [0.25, 0.3) is 0 Å². The van der Waals surface area contributed by atoms with Crippen molar-refractivity contribution in [2.45, 2.75) is 12.8 Å². The van der Waals surface area contributed by atoms with E-state index >= 15 is 0 Å². The summed E-state index contributed by atoms with van der Waals surface area (Å²) in [5.41, 5.74) is 0.698. The lowest BCUT2D eigenvalue weighted by molar-refractivity contribution is -0.141. The standard InChI is InChI=1S/C12H13FO2/c1-2-4-10(12(14)15)7-9-5-3-6-11(13)8-9/h2-3,5-6,8,10H,1,4,7H2,(H,14,15). The zero-order valence-corrected chi connectivity index (χ0v) is 8.32. The van der Waals surface area contributed by atoms with Gasteiger partial charge in [0.2, 0.25) is 0 Å². The predicted molar refractivity (Wildman–Crippen MR) is 56.0 cm³/mol. The molecule has 0 aromatic heterocycles. The zero-order valence-electron chi connectivity index (χ0n) is 8.32. The minimum absolute atomic E-state index is 0.332. The van der Waals surface area contributed by atoms with E-state index in [1.807, 2.05) is 0 Å². The molecule has 0 saturated carbocycles. The van der Waals surface area contributed by atoms with Gasteiger partial charge in [0, 0.05) is 0 Å². The maximum absolute atomic E-state index is 12.8. The Morgan fingerprint density at radius 3 is 2.87 bits per heavy atom. The Morgan fingerprint density at radius 1 is 1.60 bits per heavy atom. The lowest BCUT2D eigenvalue weighted by atomic mass is 9.96. The van der Waals surface area contributed by atoms with Gasteiger partial charge in [0.15, 0.2) is 0 Å². The maximum Gasteiger partial charge on any atom is 0.307 e. The molecule has 0 bridgehead atoms. The molecular weight excluding hydrogens is 195 g/mol. The second-order valence-electron chi connectivity index (χ2n) is 3.39. The Kier molecular flexibility index (Phi) is 4.03. The van der Waals surface area contributed by atoms with Gasteiger partial charge in [-0.3, -0.25) is 4.79 Å². The van der Waals surface area contributed by atoms with Crippen LogP contribution >= 0.6 is 0 Å².